The number of aromatic hydroxyl groups is 1. The number of benzene rings is 2. The summed E-state index contributed by atoms with van der Waals surface area (Å²) in [6.07, 6.45) is 0.759. The number of carbonyl (C=O) groups is 2. The van der Waals surface area contributed by atoms with Crippen LogP contribution in [0.25, 0.3) is 0 Å². The zero-order chi connectivity index (χ0) is 19.6. The second-order valence-electron chi connectivity index (χ2n) is 5.73. The summed E-state index contributed by atoms with van der Waals surface area (Å²) >= 11 is 0. The Balaban J connectivity index is 1.83. The van der Waals surface area contributed by atoms with Gasteiger partial charge in [0.1, 0.15) is 11.5 Å². The molecule has 2 N–H and O–H groups in total. The quantitative estimate of drug-likeness (QED) is 0.423. The summed E-state index contributed by atoms with van der Waals surface area (Å²) in [5.41, 5.74) is 4.06. The Kier molecular flexibility index (Phi) is 7.37. The second kappa shape index (κ2) is 9.96. The van der Waals surface area contributed by atoms with Crippen molar-refractivity contribution in [2.45, 2.75) is 20.3 Å². The Morgan fingerprint density at radius 3 is 2.52 bits per heavy atom. The van der Waals surface area contributed by atoms with Gasteiger partial charge >= 0.3 is 5.97 Å². The molecule has 2 aromatic carbocycles. The third-order valence-electron chi connectivity index (χ3n) is 3.51. The second-order valence-corrected chi connectivity index (χ2v) is 5.73. The van der Waals surface area contributed by atoms with E-state index in [1.165, 1.54) is 0 Å². The first-order valence-corrected chi connectivity index (χ1v) is 8.52. The van der Waals surface area contributed by atoms with Crippen molar-refractivity contribution in [1.29, 1.82) is 0 Å². The number of nitrogens with zero attached hydrogens (tertiary/aromatic N) is 1. The van der Waals surface area contributed by atoms with Crippen LogP contribution in [0, 0.1) is 0 Å². The molecule has 142 valence electrons. The monoisotopic (exact) mass is 370 g/mol. The van der Waals surface area contributed by atoms with Crippen LogP contribution >= 0.6 is 0 Å². The highest BCUT2D eigenvalue weighted by molar-refractivity contribution is 5.99. The van der Waals surface area contributed by atoms with E-state index < -0.39 is 11.9 Å². The topological polar surface area (TPSA) is 97.2 Å². The highest BCUT2D eigenvalue weighted by atomic mass is 16.5. The summed E-state index contributed by atoms with van der Waals surface area (Å²) in [5.74, 6) is -0.247. The molecular weight excluding hydrogens is 348 g/mol. The molecule has 7 heteroatoms. The molecule has 27 heavy (non-hydrogen) atoms. The molecule has 0 aliphatic carbocycles. The number of ether oxygens (including phenoxy) is 2. The molecule has 2 aromatic rings. The van der Waals surface area contributed by atoms with Crippen molar-refractivity contribution < 1.29 is 24.2 Å². The van der Waals surface area contributed by atoms with E-state index in [9.17, 15) is 14.7 Å². The van der Waals surface area contributed by atoms with Gasteiger partial charge in [-0.25, -0.2) is 10.2 Å². The molecule has 0 heterocycles. The predicted molar refractivity (Wildman–Crippen MR) is 101 cm³/mol. The van der Waals surface area contributed by atoms with Crippen LogP contribution < -0.4 is 10.2 Å². The standard InChI is InChI=1S/C20H22N2O5/c1-3-11-26-20(25)15-7-9-18(10-8-15)27-13-19(24)22-21-14(2)16-5-4-6-17(23)12-16/h4-10,12,23H,3,11,13H2,1-2H3,(H,22,24)/b21-14-. The van der Waals surface area contributed by atoms with E-state index in [1.54, 1.807) is 55.5 Å². The SMILES string of the molecule is CCCOC(=O)c1ccc(OCC(=O)N/N=C(/C)c2cccc(O)c2)cc1. The van der Waals surface area contributed by atoms with E-state index >= 15 is 0 Å². The molecule has 2 rings (SSSR count). The van der Waals surface area contributed by atoms with Crippen molar-refractivity contribution in [2.24, 2.45) is 5.10 Å². The largest absolute Gasteiger partial charge is 0.508 e. The average molecular weight is 370 g/mol. The minimum Gasteiger partial charge on any atom is -0.508 e. The first-order chi connectivity index (χ1) is 13.0. The van der Waals surface area contributed by atoms with Gasteiger partial charge in [-0.15, -0.1) is 0 Å². The van der Waals surface area contributed by atoms with Gasteiger partial charge in [-0.3, -0.25) is 4.79 Å². The van der Waals surface area contributed by atoms with Crippen molar-refractivity contribution in [3.8, 4) is 11.5 Å². The first-order valence-electron chi connectivity index (χ1n) is 8.52. The molecule has 0 unspecified atom stereocenters. The fourth-order valence-electron chi connectivity index (χ4n) is 2.09. The van der Waals surface area contributed by atoms with Gasteiger partial charge in [0, 0.05) is 5.56 Å². The summed E-state index contributed by atoms with van der Waals surface area (Å²) < 4.78 is 10.4. The van der Waals surface area contributed by atoms with Gasteiger partial charge in [0.25, 0.3) is 5.91 Å². The number of rotatable bonds is 8. The van der Waals surface area contributed by atoms with Gasteiger partial charge in [-0.2, -0.15) is 5.10 Å². The lowest BCUT2D eigenvalue weighted by Gasteiger charge is -2.07. The van der Waals surface area contributed by atoms with Crippen molar-refractivity contribution in [2.75, 3.05) is 13.2 Å². The predicted octanol–water partition coefficient (Wildman–Crippen LogP) is 2.88. The number of phenols is 1. The van der Waals surface area contributed by atoms with Gasteiger partial charge in [0.2, 0.25) is 0 Å². The summed E-state index contributed by atoms with van der Waals surface area (Å²) in [4.78, 5) is 23.6. The Bertz CT molecular complexity index is 815. The first kappa shape index (κ1) is 20.0. The lowest BCUT2D eigenvalue weighted by Crippen LogP contribution is -2.25. The normalized spacial score (nSPS) is 11.0. The van der Waals surface area contributed by atoms with E-state index in [1.807, 2.05) is 6.92 Å². The Morgan fingerprint density at radius 1 is 1.11 bits per heavy atom. The minimum atomic E-state index is -0.430. The van der Waals surface area contributed by atoms with Crippen molar-refractivity contribution in [1.82, 2.24) is 5.43 Å². The Labute approximate surface area is 157 Å². The maximum atomic E-state index is 11.8. The molecule has 7 nitrogen and oxygen atoms in total. The molecule has 0 aliphatic heterocycles. The number of hydrogen-bond acceptors (Lipinski definition) is 6. The summed E-state index contributed by atoms with van der Waals surface area (Å²) in [6, 6.07) is 12.9. The van der Waals surface area contributed by atoms with E-state index in [0.717, 1.165) is 6.42 Å². The van der Waals surface area contributed by atoms with Gasteiger partial charge in [0.05, 0.1) is 17.9 Å². The lowest BCUT2D eigenvalue weighted by molar-refractivity contribution is -0.123. The van der Waals surface area contributed by atoms with E-state index in [2.05, 4.69) is 10.5 Å². The van der Waals surface area contributed by atoms with E-state index in [4.69, 9.17) is 9.47 Å². The number of esters is 1. The van der Waals surface area contributed by atoms with Crippen LogP contribution in [0.4, 0.5) is 0 Å². The van der Waals surface area contributed by atoms with Crippen LogP contribution in [0.1, 0.15) is 36.2 Å². The lowest BCUT2D eigenvalue weighted by atomic mass is 10.1. The molecule has 1 amide bonds. The number of hydrogen-bond donors (Lipinski definition) is 2. The third-order valence-corrected chi connectivity index (χ3v) is 3.51. The van der Waals surface area contributed by atoms with Crippen molar-refractivity contribution in [3.63, 3.8) is 0 Å². The molecule has 0 radical (unpaired) electrons. The smallest absolute Gasteiger partial charge is 0.338 e. The number of carbonyl (C=O) groups excluding carboxylic acids is 2. The number of hydrazone groups is 1. The van der Waals surface area contributed by atoms with Gasteiger partial charge < -0.3 is 14.6 Å². The van der Waals surface area contributed by atoms with E-state index in [-0.39, 0.29) is 12.4 Å². The van der Waals surface area contributed by atoms with Crippen LogP contribution in [-0.2, 0) is 9.53 Å². The van der Waals surface area contributed by atoms with Crippen molar-refractivity contribution >= 4 is 17.6 Å². The van der Waals surface area contributed by atoms with Gasteiger partial charge in [0.15, 0.2) is 6.61 Å². The summed E-state index contributed by atoms with van der Waals surface area (Å²) in [5, 5.41) is 13.4. The molecule has 0 bridgehead atoms. The van der Waals surface area contributed by atoms with Gasteiger partial charge in [-0.05, 0) is 49.7 Å². The molecule has 0 saturated heterocycles. The molecule has 0 aliphatic rings. The van der Waals surface area contributed by atoms with Crippen LogP contribution in [0.15, 0.2) is 53.6 Å². The zero-order valence-electron chi connectivity index (χ0n) is 15.3. The Morgan fingerprint density at radius 2 is 1.85 bits per heavy atom. The average Bonchev–Trinajstić information content (AvgIpc) is 2.69. The van der Waals surface area contributed by atoms with Crippen molar-refractivity contribution in [3.05, 3.63) is 59.7 Å². The maximum absolute atomic E-state index is 11.8. The molecular formula is C20H22N2O5. The highest BCUT2D eigenvalue weighted by Gasteiger charge is 2.08. The Hall–Kier alpha value is -3.35. The number of amides is 1. The third kappa shape index (κ3) is 6.47. The maximum Gasteiger partial charge on any atom is 0.338 e. The minimum absolute atomic E-state index is 0.124. The highest BCUT2D eigenvalue weighted by Crippen LogP contribution is 2.13. The molecule has 0 aromatic heterocycles. The van der Waals surface area contributed by atoms with Crippen LogP contribution in [0.2, 0.25) is 0 Å². The number of nitrogens with one attached hydrogen (secondary N) is 1. The van der Waals surface area contributed by atoms with Gasteiger partial charge in [-0.1, -0.05) is 19.1 Å². The van der Waals surface area contributed by atoms with Crippen LogP contribution in [-0.4, -0.2) is 35.9 Å². The summed E-state index contributed by atoms with van der Waals surface area (Å²) in [7, 11) is 0. The fraction of sp³-hybridized carbons (Fsp3) is 0.250. The van der Waals surface area contributed by atoms with Crippen LogP contribution in [0.5, 0.6) is 11.5 Å². The molecule has 0 saturated carbocycles. The number of phenolic OH excluding ortho intramolecular Hbond substituents is 1. The zero-order valence-corrected chi connectivity index (χ0v) is 15.3. The summed E-state index contributed by atoms with van der Waals surface area (Å²) in [6.45, 7) is 3.78. The fourth-order valence-corrected chi connectivity index (χ4v) is 2.09. The molecule has 0 atom stereocenters. The molecule has 0 fully saturated rings. The molecule has 0 spiro atoms. The van der Waals surface area contributed by atoms with Crippen LogP contribution in [0.3, 0.4) is 0 Å². The van der Waals surface area contributed by atoms with E-state index in [0.29, 0.717) is 29.2 Å².